The molecule has 0 saturated heterocycles. The van der Waals surface area contributed by atoms with Gasteiger partial charge in [0, 0.05) is 42.8 Å². The summed E-state index contributed by atoms with van der Waals surface area (Å²) in [5.74, 6) is 0. The Bertz CT molecular complexity index is 6.00. The van der Waals surface area contributed by atoms with Crippen LogP contribution in [0.4, 0.5) is 0 Å². The average Bonchev–Trinajstić information content (AvgIpc) is 0. The van der Waals surface area contributed by atoms with Gasteiger partial charge in [0.25, 0.3) is 0 Å². The van der Waals surface area contributed by atoms with E-state index >= 15 is 0 Å². The van der Waals surface area contributed by atoms with E-state index in [2.05, 4.69) is 0 Å². The molecule has 0 aromatic heterocycles. The second-order valence-electron chi connectivity index (χ2n) is 0. The first kappa shape index (κ1) is 35.9. The minimum Gasteiger partial charge on any atom is -0.197 e. The third kappa shape index (κ3) is 8.93. The summed E-state index contributed by atoms with van der Waals surface area (Å²) in [7, 11) is 0. The van der Waals surface area contributed by atoms with Gasteiger partial charge in [-0.2, -0.15) is 27.0 Å². The molecule has 4 heteroatoms. The second-order valence-corrected chi connectivity index (χ2v) is 0. The van der Waals surface area contributed by atoms with Gasteiger partial charge in [0.05, 0.1) is 0 Å². The quantitative estimate of drug-likeness (QED) is 0.558. The van der Waals surface area contributed by atoms with E-state index in [0.717, 1.165) is 0 Å². The van der Waals surface area contributed by atoms with Crippen molar-refractivity contribution in [3.63, 3.8) is 0 Å². The predicted octanol–water partition coefficient (Wildman–Crippen LogP) is 0.221. The van der Waals surface area contributed by atoms with Crippen molar-refractivity contribution in [1.82, 2.24) is 0 Å². The van der Waals surface area contributed by atoms with Gasteiger partial charge in [-0.1, -0.05) is 0 Å². The molecule has 0 aromatic carbocycles. The second kappa shape index (κ2) is 19.4. The molecular formula is H4AgPdS2. The maximum absolute atomic E-state index is 0. The van der Waals surface area contributed by atoms with Crippen molar-refractivity contribution < 1.29 is 42.8 Å². The summed E-state index contributed by atoms with van der Waals surface area (Å²) in [6, 6.07) is 0. The molecule has 0 bridgehead atoms. The third-order valence-electron chi connectivity index (χ3n) is 0. The van der Waals surface area contributed by atoms with E-state index in [9.17, 15) is 0 Å². The van der Waals surface area contributed by atoms with E-state index in [0.29, 0.717) is 0 Å². The van der Waals surface area contributed by atoms with Crippen LogP contribution in [-0.4, -0.2) is 0 Å². The number of hydrogen-bond acceptors (Lipinski definition) is 0. The van der Waals surface area contributed by atoms with Gasteiger partial charge in [-0.25, -0.2) is 0 Å². The monoisotopic (exact) mass is 281 g/mol. The standard InChI is InChI=1S/Ag.Pd.2H2S/h;;2*1H2. The van der Waals surface area contributed by atoms with Crippen molar-refractivity contribution in [1.29, 1.82) is 0 Å². The van der Waals surface area contributed by atoms with E-state index in [1.54, 1.807) is 0 Å². The Morgan fingerprint density at radius 3 is 0.750 bits per heavy atom. The van der Waals surface area contributed by atoms with Gasteiger partial charge in [-0.3, -0.25) is 0 Å². The van der Waals surface area contributed by atoms with Crippen molar-refractivity contribution in [3.05, 3.63) is 0 Å². The number of rotatable bonds is 0. The fourth-order valence-corrected chi connectivity index (χ4v) is 0. The summed E-state index contributed by atoms with van der Waals surface area (Å²) in [5, 5.41) is 0. The molecule has 37 valence electrons. The Kier molecular flexibility index (Phi) is 175. The van der Waals surface area contributed by atoms with Crippen molar-refractivity contribution in [2.75, 3.05) is 0 Å². The first-order valence-corrected chi connectivity index (χ1v) is 0. The van der Waals surface area contributed by atoms with Gasteiger partial charge in [0.2, 0.25) is 0 Å². The van der Waals surface area contributed by atoms with E-state index < -0.39 is 0 Å². The Morgan fingerprint density at radius 2 is 0.750 bits per heavy atom. The van der Waals surface area contributed by atoms with Gasteiger partial charge < -0.3 is 0 Å². The summed E-state index contributed by atoms with van der Waals surface area (Å²) >= 11 is 0. The van der Waals surface area contributed by atoms with Crippen LogP contribution in [-0.2, 0) is 42.8 Å². The molecule has 0 saturated carbocycles. The molecule has 0 fully saturated rings. The fourth-order valence-electron chi connectivity index (χ4n) is 0. The molecule has 0 atom stereocenters. The predicted molar refractivity (Wildman–Crippen MR) is 20.8 cm³/mol. The SMILES string of the molecule is S.S.[Ag].[Pd]. The zero-order valence-corrected chi connectivity index (χ0v) is 6.65. The van der Waals surface area contributed by atoms with E-state index in [1.807, 2.05) is 0 Å². The molecule has 0 rings (SSSR count). The molecule has 0 spiro atoms. The summed E-state index contributed by atoms with van der Waals surface area (Å²) in [4.78, 5) is 0. The van der Waals surface area contributed by atoms with Gasteiger partial charge in [-0.15, -0.1) is 0 Å². The molecule has 0 aliphatic rings. The molecule has 0 nitrogen and oxygen atoms in total. The van der Waals surface area contributed by atoms with Crippen LogP contribution in [0.5, 0.6) is 0 Å². The molecule has 4 heavy (non-hydrogen) atoms. The molecule has 1 radical (unpaired) electrons. The number of hydrogen-bond donors (Lipinski definition) is 0. The third-order valence-corrected chi connectivity index (χ3v) is 0. The Hall–Kier alpha value is 2.10. The maximum atomic E-state index is 0. The van der Waals surface area contributed by atoms with E-state index in [4.69, 9.17) is 0 Å². The molecule has 0 aliphatic carbocycles. The summed E-state index contributed by atoms with van der Waals surface area (Å²) in [5.41, 5.74) is 0. The molecule has 0 amide bonds. The van der Waals surface area contributed by atoms with E-state index in [-0.39, 0.29) is 69.8 Å². The Balaban J connectivity index is 0. The van der Waals surface area contributed by atoms with Crippen LogP contribution in [0.3, 0.4) is 0 Å². The zero-order valence-electron chi connectivity index (χ0n) is 1.62. The van der Waals surface area contributed by atoms with Gasteiger partial charge in [0.1, 0.15) is 0 Å². The fraction of sp³-hybridized carbons (Fsp3) is 0. The van der Waals surface area contributed by atoms with Crippen LogP contribution in [0.1, 0.15) is 0 Å². The Labute approximate surface area is 69.2 Å². The van der Waals surface area contributed by atoms with Crippen molar-refractivity contribution in [2.45, 2.75) is 0 Å². The molecule has 0 unspecified atom stereocenters. The molecule has 0 aliphatic heterocycles. The zero-order chi connectivity index (χ0) is 0. The van der Waals surface area contributed by atoms with Crippen molar-refractivity contribution in [3.8, 4) is 0 Å². The minimum absolute atomic E-state index is 0. The first-order chi connectivity index (χ1) is 0. The van der Waals surface area contributed by atoms with Crippen LogP contribution in [0.15, 0.2) is 0 Å². The normalized spacial score (nSPS) is 0. The van der Waals surface area contributed by atoms with E-state index in [1.165, 1.54) is 0 Å². The summed E-state index contributed by atoms with van der Waals surface area (Å²) < 4.78 is 0. The summed E-state index contributed by atoms with van der Waals surface area (Å²) in [6.45, 7) is 0. The van der Waals surface area contributed by atoms with Gasteiger partial charge >= 0.3 is 0 Å². The molecule has 0 aromatic rings. The summed E-state index contributed by atoms with van der Waals surface area (Å²) in [6.07, 6.45) is 0. The van der Waals surface area contributed by atoms with Crippen LogP contribution < -0.4 is 0 Å². The minimum atomic E-state index is 0. The molecule has 0 N–H and O–H groups in total. The maximum Gasteiger partial charge on any atom is 0 e. The van der Waals surface area contributed by atoms with Crippen LogP contribution in [0.2, 0.25) is 0 Å². The smallest absolute Gasteiger partial charge is 0 e. The average molecular weight is 282 g/mol. The molecule has 0 heterocycles. The molecular weight excluding hydrogens is 278 g/mol. The largest absolute Gasteiger partial charge is 0.197 e. The van der Waals surface area contributed by atoms with Crippen molar-refractivity contribution >= 4 is 27.0 Å². The van der Waals surface area contributed by atoms with Gasteiger partial charge in [0.15, 0.2) is 0 Å². The van der Waals surface area contributed by atoms with Crippen LogP contribution in [0.25, 0.3) is 0 Å². The topological polar surface area (TPSA) is 0 Å². The van der Waals surface area contributed by atoms with Crippen LogP contribution >= 0.6 is 27.0 Å². The van der Waals surface area contributed by atoms with Crippen molar-refractivity contribution in [2.24, 2.45) is 0 Å². The van der Waals surface area contributed by atoms with Crippen LogP contribution in [0, 0.1) is 0 Å². The first-order valence-electron chi connectivity index (χ1n) is 0. The Morgan fingerprint density at radius 1 is 0.750 bits per heavy atom. The van der Waals surface area contributed by atoms with Gasteiger partial charge in [-0.05, 0) is 0 Å².